The van der Waals surface area contributed by atoms with E-state index in [9.17, 15) is 5.11 Å². The van der Waals surface area contributed by atoms with Gasteiger partial charge in [0.25, 0.3) is 0 Å². The molecule has 0 aromatic heterocycles. The Bertz CT molecular complexity index is 506. The summed E-state index contributed by atoms with van der Waals surface area (Å²) in [5.74, 6) is 0. The highest BCUT2D eigenvalue weighted by molar-refractivity contribution is 7.99. The van der Waals surface area contributed by atoms with Crippen LogP contribution in [0, 0.1) is 0 Å². The highest BCUT2D eigenvalue weighted by Crippen LogP contribution is 2.43. The van der Waals surface area contributed by atoms with Crippen LogP contribution in [-0.2, 0) is 4.43 Å². The Balaban J connectivity index is 2.91. The monoisotopic (exact) mass is 380 g/mol. The van der Waals surface area contributed by atoms with Gasteiger partial charge in [0.1, 0.15) is 0 Å². The third-order valence-corrected chi connectivity index (χ3v) is 12.5. The van der Waals surface area contributed by atoms with E-state index < -0.39 is 14.4 Å². The van der Waals surface area contributed by atoms with Gasteiger partial charge in [-0.05, 0) is 34.0 Å². The summed E-state index contributed by atoms with van der Waals surface area (Å²) in [6.07, 6.45) is 1.47. The topological polar surface area (TPSA) is 29.5 Å². The number of aliphatic hydroxyl groups excluding tert-OH is 1. The molecule has 1 aromatic rings. The number of hydrogen-bond donors (Lipinski definition) is 1. The van der Waals surface area contributed by atoms with Crippen LogP contribution < -0.4 is 0 Å². The molecule has 0 aliphatic carbocycles. The molecule has 142 valence electrons. The third kappa shape index (κ3) is 5.22. The molecule has 2 nitrogen and oxygen atoms in total. The van der Waals surface area contributed by atoms with Gasteiger partial charge in [-0.1, -0.05) is 78.5 Å². The second-order valence-electron chi connectivity index (χ2n) is 7.78. The van der Waals surface area contributed by atoms with Crippen molar-refractivity contribution in [1.29, 1.82) is 0 Å². The highest BCUT2D eigenvalue weighted by atomic mass is 32.2. The maximum Gasteiger partial charge on any atom is 0.200 e. The second kappa shape index (κ2) is 9.96. The molecule has 1 aromatic carbocycles. The van der Waals surface area contributed by atoms with E-state index in [2.05, 4.69) is 48.1 Å². The Hall–Kier alpha value is -0.553. The number of thioether (sulfide) groups is 1. The number of hydrogen-bond acceptors (Lipinski definition) is 3. The Morgan fingerprint density at radius 1 is 1.04 bits per heavy atom. The lowest BCUT2D eigenvalue weighted by Crippen LogP contribution is -2.48. The van der Waals surface area contributed by atoms with Crippen LogP contribution in [0.4, 0.5) is 0 Å². The van der Waals surface area contributed by atoms with E-state index in [4.69, 9.17) is 4.43 Å². The van der Waals surface area contributed by atoms with Crippen LogP contribution >= 0.6 is 11.8 Å². The summed E-state index contributed by atoms with van der Waals surface area (Å²) in [4.78, 5) is 0. The van der Waals surface area contributed by atoms with Gasteiger partial charge in [-0.2, -0.15) is 11.8 Å². The zero-order valence-corrected chi connectivity index (χ0v) is 18.8. The van der Waals surface area contributed by atoms with Gasteiger partial charge in [0.2, 0.25) is 8.32 Å². The maximum absolute atomic E-state index is 10.8. The van der Waals surface area contributed by atoms with Gasteiger partial charge in [0, 0.05) is 0 Å². The van der Waals surface area contributed by atoms with Crippen molar-refractivity contribution < 1.29 is 9.53 Å². The number of aliphatic hydroxyl groups is 1. The molecule has 0 spiro atoms. The number of benzene rings is 1. The third-order valence-electron chi connectivity index (χ3n) is 5.30. The zero-order chi connectivity index (χ0) is 19.2. The van der Waals surface area contributed by atoms with Gasteiger partial charge in [-0.25, -0.2) is 0 Å². The molecule has 0 aliphatic rings. The first-order valence-electron chi connectivity index (χ1n) is 9.25. The van der Waals surface area contributed by atoms with E-state index >= 15 is 0 Å². The van der Waals surface area contributed by atoms with Crippen molar-refractivity contribution >= 4 is 20.1 Å². The highest BCUT2D eigenvalue weighted by Gasteiger charge is 2.45. The molecule has 4 heteroatoms. The van der Waals surface area contributed by atoms with E-state index in [0.717, 1.165) is 11.1 Å². The first kappa shape index (κ1) is 22.5. The summed E-state index contributed by atoms with van der Waals surface area (Å²) >= 11 is 1.64. The van der Waals surface area contributed by atoms with Crippen LogP contribution in [-0.4, -0.2) is 31.5 Å². The van der Waals surface area contributed by atoms with Crippen molar-refractivity contribution in [3.8, 4) is 0 Å². The molecular weight excluding hydrogens is 344 g/mol. The van der Waals surface area contributed by atoms with Gasteiger partial charge in [0.15, 0.2) is 0 Å². The van der Waals surface area contributed by atoms with Gasteiger partial charge >= 0.3 is 0 Å². The summed E-state index contributed by atoms with van der Waals surface area (Å²) in [6, 6.07) is 9.83. The predicted molar refractivity (Wildman–Crippen MR) is 115 cm³/mol. The Labute approximate surface area is 160 Å². The first-order chi connectivity index (χ1) is 11.7. The Kier molecular flexibility index (Phi) is 8.96. The lowest BCUT2D eigenvalue weighted by atomic mass is 10.0. The summed E-state index contributed by atoms with van der Waals surface area (Å²) in [6.45, 7) is 18.6. The van der Waals surface area contributed by atoms with E-state index in [-0.39, 0.29) is 5.25 Å². The van der Waals surface area contributed by atoms with Crippen LogP contribution in [0.3, 0.4) is 0 Å². The summed E-state index contributed by atoms with van der Waals surface area (Å²) < 4.78 is 6.66. The van der Waals surface area contributed by atoms with Gasteiger partial charge in [-0.3, -0.25) is 0 Å². The first-order valence-corrected chi connectivity index (χ1v) is 12.7. The van der Waals surface area contributed by atoms with Crippen LogP contribution in [0.5, 0.6) is 0 Å². The minimum Gasteiger partial charge on any atom is -0.412 e. The number of rotatable bonds is 10. The molecule has 0 amide bonds. The van der Waals surface area contributed by atoms with Crippen LogP contribution in [0.2, 0.25) is 16.6 Å². The molecule has 0 bridgehead atoms. The molecule has 0 saturated heterocycles. The van der Waals surface area contributed by atoms with Gasteiger partial charge in [0.05, 0.1) is 18.0 Å². The standard InChI is InChI=1S/C21H36O2SSi/c1-15(2)25(16(3)4,17(5)6)23-14-18(7)21(24-8)20(22)19-12-10-9-11-13-19/h9-13,15-17,20-22H,7,14H2,1-6,8H3/t20-,21+/m1/s1. The quantitative estimate of drug-likeness (QED) is 0.387. The second-order valence-corrected chi connectivity index (χ2v) is 14.2. The van der Waals surface area contributed by atoms with Crippen LogP contribution in [0.15, 0.2) is 42.5 Å². The average molecular weight is 381 g/mol. The van der Waals surface area contributed by atoms with Gasteiger partial charge < -0.3 is 9.53 Å². The molecule has 1 rings (SSSR count). The van der Waals surface area contributed by atoms with Gasteiger partial charge in [-0.15, -0.1) is 0 Å². The normalized spacial score (nSPS) is 15.0. The van der Waals surface area contributed by atoms with E-state index in [1.54, 1.807) is 11.8 Å². The van der Waals surface area contributed by atoms with Crippen molar-refractivity contribution in [3.63, 3.8) is 0 Å². The SMILES string of the molecule is C=C(CO[Si](C(C)C)(C(C)C)C(C)C)[C@H](SC)[C@H](O)c1ccccc1. The fraction of sp³-hybridized carbons (Fsp3) is 0.619. The summed E-state index contributed by atoms with van der Waals surface area (Å²) in [5.41, 5.74) is 3.55. The van der Waals surface area contributed by atoms with E-state index in [1.165, 1.54) is 0 Å². The smallest absolute Gasteiger partial charge is 0.200 e. The van der Waals surface area contributed by atoms with E-state index in [1.807, 2.05) is 36.6 Å². The molecule has 0 fully saturated rings. The van der Waals surface area contributed by atoms with Crippen molar-refractivity contribution in [2.24, 2.45) is 0 Å². The molecule has 25 heavy (non-hydrogen) atoms. The van der Waals surface area contributed by atoms with Crippen molar-refractivity contribution in [2.75, 3.05) is 12.9 Å². The average Bonchev–Trinajstić information content (AvgIpc) is 2.55. The van der Waals surface area contributed by atoms with Crippen LogP contribution in [0.25, 0.3) is 0 Å². The van der Waals surface area contributed by atoms with Crippen molar-refractivity contribution in [2.45, 2.75) is 69.5 Å². The largest absolute Gasteiger partial charge is 0.412 e. The Morgan fingerprint density at radius 2 is 1.52 bits per heavy atom. The molecule has 0 saturated carbocycles. The minimum absolute atomic E-state index is 0.0550. The fourth-order valence-electron chi connectivity index (χ4n) is 4.14. The fourth-order valence-corrected chi connectivity index (χ4v) is 10.4. The lowest BCUT2D eigenvalue weighted by molar-refractivity contribution is 0.178. The van der Waals surface area contributed by atoms with Crippen molar-refractivity contribution in [1.82, 2.24) is 0 Å². The van der Waals surface area contributed by atoms with Crippen LogP contribution in [0.1, 0.15) is 53.2 Å². The minimum atomic E-state index is -1.91. The molecule has 0 unspecified atom stereocenters. The molecule has 0 radical (unpaired) electrons. The lowest BCUT2D eigenvalue weighted by Gasteiger charge is -2.42. The van der Waals surface area contributed by atoms with Crippen molar-refractivity contribution in [3.05, 3.63) is 48.0 Å². The van der Waals surface area contributed by atoms with E-state index in [0.29, 0.717) is 23.2 Å². The summed E-state index contributed by atoms with van der Waals surface area (Å²) in [7, 11) is -1.91. The molecule has 0 heterocycles. The molecule has 0 aliphatic heterocycles. The predicted octanol–water partition coefficient (Wildman–Crippen LogP) is 6.20. The Morgan fingerprint density at radius 3 is 1.92 bits per heavy atom. The summed E-state index contributed by atoms with van der Waals surface area (Å²) in [5, 5.41) is 10.7. The molecular formula is C21H36O2SSi. The molecule has 1 N–H and O–H groups in total. The zero-order valence-electron chi connectivity index (χ0n) is 17.0. The maximum atomic E-state index is 10.8. The molecule has 2 atom stereocenters.